The number of anilines is 1. The minimum absolute atomic E-state index is 0.0155. The fraction of sp³-hybridized carbons (Fsp3) is 0.355. The Bertz CT molecular complexity index is 1750. The number of piperazine rings is 1. The Balaban J connectivity index is 1.49. The molecule has 222 valence electrons. The average molecular weight is 589 g/mol. The minimum Gasteiger partial charge on any atom is -0.507 e. The van der Waals surface area contributed by atoms with Gasteiger partial charge in [-0.2, -0.15) is 9.97 Å². The number of nitrogens with zero attached hydrogens (tertiary/aromatic N) is 6. The van der Waals surface area contributed by atoms with Gasteiger partial charge in [-0.3, -0.25) is 4.79 Å². The third-order valence-corrected chi connectivity index (χ3v) is 8.28. The number of likely N-dealkylation sites (tertiary alicyclic amines) is 1. The standard InChI is InChI=1S/C31H30F2N6O4/c1-18(32)30(41)39-12-11-38(16-20(39)15-34-2)29-27-24(35-31(36-29)43-17-19-6-5-10-37(19)3)14-22(21-9-13-42-28(21)27)26-23(33)7-4-8-25(26)40/h4,7-9,13-14,19-20,40H,1,5-6,10-12,15-17H2,3H3/t19-,20-/m0/s1. The number of carbonyl (C=O) groups excluding carboxylic acids is 1. The van der Waals surface area contributed by atoms with Gasteiger partial charge in [-0.1, -0.05) is 12.6 Å². The molecule has 0 aliphatic carbocycles. The fourth-order valence-corrected chi connectivity index (χ4v) is 6.07. The highest BCUT2D eigenvalue weighted by Crippen LogP contribution is 2.43. The molecular weight excluding hydrogens is 558 g/mol. The van der Waals surface area contributed by atoms with Crippen LogP contribution in [0, 0.1) is 12.4 Å². The highest BCUT2D eigenvalue weighted by molar-refractivity contribution is 6.14. The molecule has 4 heterocycles. The molecule has 6 rings (SSSR count). The number of furan rings is 1. The van der Waals surface area contributed by atoms with Crippen molar-refractivity contribution in [3.05, 3.63) is 66.2 Å². The Morgan fingerprint density at radius 2 is 2.09 bits per heavy atom. The molecule has 0 radical (unpaired) electrons. The van der Waals surface area contributed by atoms with Crippen LogP contribution in [-0.4, -0.2) is 89.2 Å². The van der Waals surface area contributed by atoms with Gasteiger partial charge in [0, 0.05) is 36.6 Å². The van der Waals surface area contributed by atoms with Gasteiger partial charge in [0.2, 0.25) is 6.54 Å². The molecule has 1 amide bonds. The van der Waals surface area contributed by atoms with Crippen LogP contribution < -0.4 is 9.64 Å². The lowest BCUT2D eigenvalue weighted by Crippen LogP contribution is -2.56. The van der Waals surface area contributed by atoms with E-state index in [4.69, 9.17) is 25.7 Å². The van der Waals surface area contributed by atoms with Crippen molar-refractivity contribution in [3.8, 4) is 22.9 Å². The number of benzene rings is 2. The van der Waals surface area contributed by atoms with Crippen LogP contribution in [0.3, 0.4) is 0 Å². The van der Waals surface area contributed by atoms with Crippen LogP contribution in [-0.2, 0) is 4.79 Å². The lowest BCUT2D eigenvalue weighted by molar-refractivity contribution is -0.131. The van der Waals surface area contributed by atoms with Gasteiger partial charge in [-0.15, -0.1) is 0 Å². The van der Waals surface area contributed by atoms with E-state index in [9.17, 15) is 14.3 Å². The van der Waals surface area contributed by atoms with E-state index in [0.29, 0.717) is 39.9 Å². The zero-order valence-corrected chi connectivity index (χ0v) is 23.6. The summed E-state index contributed by atoms with van der Waals surface area (Å²) in [5.74, 6) is -2.30. The first-order valence-electron chi connectivity index (χ1n) is 14.0. The molecule has 0 unspecified atom stereocenters. The summed E-state index contributed by atoms with van der Waals surface area (Å²) in [4.78, 5) is 30.9. The first kappa shape index (κ1) is 28.4. The van der Waals surface area contributed by atoms with Gasteiger partial charge >= 0.3 is 6.01 Å². The van der Waals surface area contributed by atoms with Gasteiger partial charge in [0.25, 0.3) is 5.91 Å². The Labute approximate surface area is 246 Å². The van der Waals surface area contributed by atoms with E-state index in [1.165, 1.54) is 29.4 Å². The molecule has 2 saturated heterocycles. The van der Waals surface area contributed by atoms with Crippen molar-refractivity contribution in [1.82, 2.24) is 19.8 Å². The first-order valence-corrected chi connectivity index (χ1v) is 14.0. The van der Waals surface area contributed by atoms with Gasteiger partial charge < -0.3 is 33.8 Å². The van der Waals surface area contributed by atoms with Crippen molar-refractivity contribution >= 4 is 33.6 Å². The maximum absolute atomic E-state index is 15.1. The molecule has 2 aromatic carbocycles. The molecule has 43 heavy (non-hydrogen) atoms. The number of ether oxygens (including phenoxy) is 1. The summed E-state index contributed by atoms with van der Waals surface area (Å²) < 4.78 is 41.0. The zero-order valence-electron chi connectivity index (χ0n) is 23.6. The number of rotatable bonds is 7. The Morgan fingerprint density at radius 1 is 1.26 bits per heavy atom. The molecule has 2 aliphatic heterocycles. The van der Waals surface area contributed by atoms with Crippen molar-refractivity contribution < 1.29 is 27.8 Å². The number of carbonyl (C=O) groups is 1. The number of aromatic hydroxyl groups is 1. The van der Waals surface area contributed by atoms with Crippen molar-refractivity contribution in [2.75, 3.05) is 51.3 Å². The number of hydrogen-bond acceptors (Lipinski definition) is 8. The molecule has 4 aromatic rings. The van der Waals surface area contributed by atoms with Crippen molar-refractivity contribution in [3.63, 3.8) is 0 Å². The van der Waals surface area contributed by atoms with E-state index in [1.54, 1.807) is 12.1 Å². The molecule has 2 atom stereocenters. The van der Waals surface area contributed by atoms with Crippen LogP contribution in [0.4, 0.5) is 14.6 Å². The molecule has 0 bridgehead atoms. The summed E-state index contributed by atoms with van der Waals surface area (Å²) in [6.07, 6.45) is 3.52. The van der Waals surface area contributed by atoms with Crippen molar-refractivity contribution in [1.29, 1.82) is 0 Å². The summed E-state index contributed by atoms with van der Waals surface area (Å²) in [6.45, 7) is 12.5. The number of phenolic OH excluding ortho intramolecular Hbond substituents is 1. The Morgan fingerprint density at radius 3 is 2.81 bits per heavy atom. The van der Waals surface area contributed by atoms with Crippen LogP contribution in [0.1, 0.15) is 12.8 Å². The molecule has 2 aromatic heterocycles. The first-order chi connectivity index (χ1) is 20.8. The van der Waals surface area contributed by atoms with Crippen LogP contribution in [0.5, 0.6) is 11.8 Å². The van der Waals surface area contributed by atoms with Gasteiger partial charge in [0.05, 0.1) is 22.7 Å². The van der Waals surface area contributed by atoms with Crippen molar-refractivity contribution in [2.24, 2.45) is 0 Å². The minimum atomic E-state index is -1.08. The maximum atomic E-state index is 15.1. The quantitative estimate of drug-likeness (QED) is 0.243. The molecular formula is C31H30F2N6O4. The highest BCUT2D eigenvalue weighted by Gasteiger charge is 2.36. The summed E-state index contributed by atoms with van der Waals surface area (Å²) >= 11 is 0. The lowest BCUT2D eigenvalue weighted by atomic mass is 9.98. The molecule has 0 spiro atoms. The van der Waals surface area contributed by atoms with Gasteiger partial charge in [0.15, 0.2) is 5.83 Å². The monoisotopic (exact) mass is 588 g/mol. The largest absolute Gasteiger partial charge is 0.507 e. The predicted octanol–water partition coefficient (Wildman–Crippen LogP) is 4.78. The number of likely N-dealkylation sites (N-methyl/N-ethyl adjacent to an activating group) is 1. The molecule has 2 aliphatic rings. The van der Waals surface area contributed by atoms with Crippen molar-refractivity contribution in [2.45, 2.75) is 24.9 Å². The van der Waals surface area contributed by atoms with E-state index >= 15 is 4.39 Å². The zero-order chi connectivity index (χ0) is 30.2. The van der Waals surface area contributed by atoms with Crippen LogP contribution in [0.25, 0.3) is 37.8 Å². The molecule has 10 nitrogen and oxygen atoms in total. The second-order valence-electron chi connectivity index (χ2n) is 10.9. The summed E-state index contributed by atoms with van der Waals surface area (Å²) in [7, 11) is 2.04. The van der Waals surface area contributed by atoms with Crippen LogP contribution >= 0.6 is 0 Å². The van der Waals surface area contributed by atoms with Gasteiger partial charge in [0.1, 0.15) is 35.6 Å². The molecule has 2 fully saturated rings. The van der Waals surface area contributed by atoms with Gasteiger partial charge in [-0.05, 0) is 50.7 Å². The number of phenols is 1. The number of amides is 1. The topological polar surface area (TPSA) is 99.5 Å². The Kier molecular flexibility index (Phi) is 7.58. The van der Waals surface area contributed by atoms with Gasteiger partial charge in [-0.25, -0.2) is 15.4 Å². The fourth-order valence-electron chi connectivity index (χ4n) is 6.07. The van der Waals surface area contributed by atoms with Crippen LogP contribution in [0.2, 0.25) is 0 Å². The lowest BCUT2D eigenvalue weighted by Gasteiger charge is -2.39. The highest BCUT2D eigenvalue weighted by atomic mass is 19.1. The van der Waals surface area contributed by atoms with E-state index < -0.39 is 23.6 Å². The number of aromatic nitrogens is 2. The Hall–Kier alpha value is -4.76. The smallest absolute Gasteiger partial charge is 0.319 e. The van der Waals surface area contributed by atoms with E-state index in [-0.39, 0.29) is 49.5 Å². The number of hydrogen-bond donors (Lipinski definition) is 1. The average Bonchev–Trinajstić information content (AvgIpc) is 3.64. The molecule has 0 saturated carbocycles. The van der Waals surface area contributed by atoms with E-state index in [2.05, 4.69) is 16.3 Å². The van der Waals surface area contributed by atoms with E-state index in [0.717, 1.165) is 19.4 Å². The maximum Gasteiger partial charge on any atom is 0.319 e. The molecule has 12 heteroatoms. The normalized spacial score (nSPS) is 19.2. The second-order valence-corrected chi connectivity index (χ2v) is 10.9. The van der Waals surface area contributed by atoms with Crippen LogP contribution in [0.15, 0.2) is 53.4 Å². The predicted molar refractivity (Wildman–Crippen MR) is 157 cm³/mol. The van der Waals surface area contributed by atoms with E-state index in [1.807, 2.05) is 11.9 Å². The number of halogens is 2. The second kappa shape index (κ2) is 11.5. The number of fused-ring (bicyclic) bond motifs is 3. The summed E-state index contributed by atoms with van der Waals surface area (Å²) in [5.41, 5.74) is 1.18. The SMILES string of the molecule is [C-]#[N+]C[C@H]1CN(c2nc(OC[C@@H]3CCCN3C)nc3cc(-c4c(O)cccc4F)c4ccoc4c23)CCN1C(=O)C(=C)F. The third kappa shape index (κ3) is 5.21. The third-order valence-electron chi connectivity index (χ3n) is 8.28. The summed E-state index contributed by atoms with van der Waals surface area (Å²) in [5, 5.41) is 11.7. The molecule has 1 N–H and O–H groups in total. The summed E-state index contributed by atoms with van der Waals surface area (Å²) in [6, 6.07) is 7.16.